The Morgan fingerprint density at radius 2 is 1.00 bits per heavy atom. The van der Waals surface area contributed by atoms with E-state index in [1.54, 1.807) is 0 Å². The largest absolute Gasteiger partial charge is 0.419 e. The molecular formula is C22H51N3OSi. The van der Waals surface area contributed by atoms with Crippen LogP contribution in [0.4, 0.5) is 0 Å². The molecule has 0 aliphatic heterocycles. The van der Waals surface area contributed by atoms with E-state index in [2.05, 4.69) is 77.8 Å². The molecule has 4 nitrogen and oxygen atoms in total. The Bertz CT molecular complexity index is 318. The van der Waals surface area contributed by atoms with Crippen LogP contribution in [0, 0.1) is 5.41 Å². The highest BCUT2D eigenvalue weighted by atomic mass is 28.2. The summed E-state index contributed by atoms with van der Waals surface area (Å²) in [5, 5.41) is 0. The first-order chi connectivity index (χ1) is 12.5. The second kappa shape index (κ2) is 14.1. The second-order valence-corrected chi connectivity index (χ2v) is 11.7. The van der Waals surface area contributed by atoms with Gasteiger partial charge in [-0.25, -0.2) is 0 Å². The maximum Gasteiger partial charge on any atom is 0.162 e. The fraction of sp³-hybridized carbons (Fsp3) is 1.00. The zero-order valence-corrected chi connectivity index (χ0v) is 21.6. The summed E-state index contributed by atoms with van der Waals surface area (Å²) in [4.78, 5) is 7.01. The van der Waals surface area contributed by atoms with Gasteiger partial charge in [-0.2, -0.15) is 0 Å². The molecule has 0 radical (unpaired) electrons. The van der Waals surface area contributed by atoms with Crippen molar-refractivity contribution in [3.63, 3.8) is 0 Å². The zero-order chi connectivity index (χ0) is 20.9. The lowest BCUT2D eigenvalue weighted by Gasteiger charge is -2.36. The van der Waals surface area contributed by atoms with Gasteiger partial charge in [0.2, 0.25) is 0 Å². The number of rotatable bonds is 16. The molecule has 0 aliphatic rings. The van der Waals surface area contributed by atoms with Crippen LogP contribution in [-0.2, 0) is 4.43 Å². The highest BCUT2D eigenvalue weighted by molar-refractivity contribution is 6.27. The van der Waals surface area contributed by atoms with E-state index in [9.17, 15) is 0 Å². The van der Waals surface area contributed by atoms with Crippen molar-refractivity contribution in [1.29, 1.82) is 0 Å². The van der Waals surface area contributed by atoms with Gasteiger partial charge >= 0.3 is 0 Å². The van der Waals surface area contributed by atoms with E-state index in [1.807, 2.05) is 0 Å². The Morgan fingerprint density at radius 3 is 1.30 bits per heavy atom. The Labute approximate surface area is 173 Å². The molecule has 0 unspecified atom stereocenters. The maximum atomic E-state index is 6.17. The Morgan fingerprint density at radius 1 is 0.630 bits per heavy atom. The van der Waals surface area contributed by atoms with Crippen molar-refractivity contribution in [3.8, 4) is 0 Å². The molecule has 0 aromatic rings. The van der Waals surface area contributed by atoms with E-state index in [0.29, 0.717) is 5.41 Å². The SMILES string of the molecule is CN(C)CCCC(CCCN(C)C)(CCCN(C)C)CC[SiH2]OC(C)(C)C. The minimum atomic E-state index is -0.421. The van der Waals surface area contributed by atoms with Gasteiger partial charge in [-0.15, -0.1) is 0 Å². The summed E-state index contributed by atoms with van der Waals surface area (Å²) in [5.74, 6) is 0. The Balaban J connectivity index is 4.91. The minimum Gasteiger partial charge on any atom is -0.419 e. The van der Waals surface area contributed by atoms with Crippen LogP contribution in [0.15, 0.2) is 0 Å². The van der Waals surface area contributed by atoms with E-state index < -0.39 is 9.76 Å². The van der Waals surface area contributed by atoms with Crippen LogP contribution in [0.1, 0.15) is 65.7 Å². The van der Waals surface area contributed by atoms with Gasteiger partial charge in [0.25, 0.3) is 0 Å². The predicted molar refractivity (Wildman–Crippen MR) is 125 cm³/mol. The molecule has 0 N–H and O–H groups in total. The average Bonchev–Trinajstić information content (AvgIpc) is 2.49. The third-order valence-corrected chi connectivity index (χ3v) is 7.04. The first kappa shape index (κ1) is 27.1. The monoisotopic (exact) mass is 401 g/mol. The molecule has 27 heavy (non-hydrogen) atoms. The average molecular weight is 402 g/mol. The highest BCUT2D eigenvalue weighted by Crippen LogP contribution is 2.40. The lowest BCUT2D eigenvalue weighted by molar-refractivity contribution is 0.132. The maximum absolute atomic E-state index is 6.17. The van der Waals surface area contributed by atoms with E-state index in [1.165, 1.54) is 70.6 Å². The molecule has 0 saturated carbocycles. The van der Waals surface area contributed by atoms with E-state index in [-0.39, 0.29) is 5.60 Å². The van der Waals surface area contributed by atoms with Crippen molar-refractivity contribution >= 4 is 9.76 Å². The van der Waals surface area contributed by atoms with E-state index in [4.69, 9.17) is 4.43 Å². The van der Waals surface area contributed by atoms with Crippen LogP contribution in [0.25, 0.3) is 0 Å². The molecule has 0 rings (SSSR count). The summed E-state index contributed by atoms with van der Waals surface area (Å²) in [7, 11) is 12.8. The topological polar surface area (TPSA) is 19.0 Å². The quantitative estimate of drug-likeness (QED) is 0.290. The van der Waals surface area contributed by atoms with Crippen LogP contribution in [0.3, 0.4) is 0 Å². The molecule has 5 heteroatoms. The van der Waals surface area contributed by atoms with Crippen LogP contribution in [-0.4, -0.2) is 92.0 Å². The summed E-state index contributed by atoms with van der Waals surface area (Å²) < 4.78 is 6.17. The number of hydrogen-bond acceptors (Lipinski definition) is 4. The first-order valence-corrected chi connectivity index (χ1v) is 12.6. The fourth-order valence-corrected chi connectivity index (χ4v) is 5.54. The zero-order valence-electron chi connectivity index (χ0n) is 20.2. The van der Waals surface area contributed by atoms with Crippen LogP contribution < -0.4 is 0 Å². The van der Waals surface area contributed by atoms with Gasteiger partial charge in [0.1, 0.15) is 0 Å². The second-order valence-electron chi connectivity index (χ2n) is 10.3. The molecule has 0 atom stereocenters. The van der Waals surface area contributed by atoms with Crippen molar-refractivity contribution in [2.75, 3.05) is 61.9 Å². The van der Waals surface area contributed by atoms with Gasteiger partial charge in [0.15, 0.2) is 9.76 Å². The minimum absolute atomic E-state index is 0.0374. The Kier molecular flexibility index (Phi) is 14.1. The predicted octanol–water partition coefficient (Wildman–Crippen LogP) is 3.71. The van der Waals surface area contributed by atoms with Crippen LogP contribution in [0.2, 0.25) is 6.04 Å². The standard InChI is InChI=1S/C22H51N3OSi/c1-21(2,3)26-27-20-16-22(13-10-17-23(4)5,14-11-18-24(6)7)15-12-19-25(8)9/h10-20,27H2,1-9H3. The van der Waals surface area contributed by atoms with Gasteiger partial charge < -0.3 is 19.1 Å². The summed E-state index contributed by atoms with van der Waals surface area (Å²) in [6, 6.07) is 1.32. The lowest BCUT2D eigenvalue weighted by Crippen LogP contribution is -2.28. The van der Waals surface area contributed by atoms with Gasteiger partial charge in [-0.1, -0.05) is 0 Å². The molecule has 0 bridgehead atoms. The summed E-state index contributed by atoms with van der Waals surface area (Å²) in [6.45, 7) is 10.2. The van der Waals surface area contributed by atoms with Crippen molar-refractivity contribution in [2.45, 2.75) is 77.4 Å². The molecule has 0 heterocycles. The van der Waals surface area contributed by atoms with Crippen molar-refractivity contribution in [3.05, 3.63) is 0 Å². The van der Waals surface area contributed by atoms with Crippen molar-refractivity contribution in [1.82, 2.24) is 14.7 Å². The van der Waals surface area contributed by atoms with Crippen molar-refractivity contribution < 1.29 is 4.43 Å². The molecule has 0 saturated heterocycles. The third kappa shape index (κ3) is 16.7. The molecule has 0 aromatic carbocycles. The molecule has 0 aromatic heterocycles. The third-order valence-electron chi connectivity index (χ3n) is 5.32. The molecule has 0 aliphatic carbocycles. The smallest absolute Gasteiger partial charge is 0.162 e. The molecular weight excluding hydrogens is 350 g/mol. The Hall–Kier alpha value is 0.0569. The summed E-state index contributed by atoms with van der Waals surface area (Å²) in [5.41, 5.74) is 0.548. The summed E-state index contributed by atoms with van der Waals surface area (Å²) in [6.07, 6.45) is 9.43. The van der Waals surface area contributed by atoms with Gasteiger partial charge in [-0.05, 0) is 139 Å². The molecule has 0 amide bonds. The van der Waals surface area contributed by atoms with Crippen molar-refractivity contribution in [2.24, 2.45) is 5.41 Å². The summed E-state index contributed by atoms with van der Waals surface area (Å²) >= 11 is 0. The van der Waals surface area contributed by atoms with Crippen LogP contribution in [0.5, 0.6) is 0 Å². The lowest BCUT2D eigenvalue weighted by atomic mass is 9.73. The highest BCUT2D eigenvalue weighted by Gasteiger charge is 2.29. The van der Waals surface area contributed by atoms with E-state index in [0.717, 1.165) is 0 Å². The first-order valence-electron chi connectivity index (χ1n) is 11.0. The molecule has 0 spiro atoms. The number of hydrogen-bond donors (Lipinski definition) is 0. The van der Waals surface area contributed by atoms with E-state index >= 15 is 0 Å². The normalized spacial score (nSPS) is 13.8. The fourth-order valence-electron chi connectivity index (χ4n) is 3.89. The van der Waals surface area contributed by atoms with Gasteiger partial charge in [0.05, 0.1) is 0 Å². The number of nitrogens with zero attached hydrogens (tertiary/aromatic N) is 3. The van der Waals surface area contributed by atoms with Gasteiger partial charge in [0, 0.05) is 5.60 Å². The molecule has 0 fully saturated rings. The molecule has 164 valence electrons. The van der Waals surface area contributed by atoms with Crippen LogP contribution >= 0.6 is 0 Å². The van der Waals surface area contributed by atoms with Gasteiger partial charge in [-0.3, -0.25) is 0 Å².